The maximum absolute atomic E-state index is 12.8. The zero-order valence-corrected chi connectivity index (χ0v) is 15.8. The minimum absolute atomic E-state index is 0.0943. The molecule has 4 nitrogen and oxygen atoms in total. The summed E-state index contributed by atoms with van der Waals surface area (Å²) in [4.78, 5) is 27.3. The first-order valence-electron chi connectivity index (χ1n) is 8.39. The highest BCUT2D eigenvalue weighted by Gasteiger charge is 2.38. The number of carbonyl (C=O) groups is 2. The summed E-state index contributed by atoms with van der Waals surface area (Å²) in [6.07, 6.45) is 0.850. The second-order valence-corrected chi connectivity index (χ2v) is 7.91. The Kier molecular flexibility index (Phi) is 6.10. The van der Waals surface area contributed by atoms with Crippen LogP contribution in [-0.2, 0) is 9.59 Å². The van der Waals surface area contributed by atoms with Crippen LogP contribution in [0.5, 0.6) is 5.75 Å². The summed E-state index contributed by atoms with van der Waals surface area (Å²) in [6, 6.07) is 7.41. The number of hydrogen-bond acceptors (Lipinski definition) is 4. The number of rotatable bonds is 7. The van der Waals surface area contributed by atoms with Crippen LogP contribution < -0.4 is 4.74 Å². The van der Waals surface area contributed by atoms with Crippen molar-refractivity contribution in [1.29, 1.82) is 0 Å². The number of ether oxygens (including phenoxy) is 1. The van der Waals surface area contributed by atoms with E-state index >= 15 is 0 Å². The first kappa shape index (κ1) is 18.6. The van der Waals surface area contributed by atoms with Crippen molar-refractivity contribution in [3.05, 3.63) is 34.7 Å². The maximum atomic E-state index is 12.8. The van der Waals surface area contributed by atoms with E-state index in [9.17, 15) is 9.59 Å². The van der Waals surface area contributed by atoms with Crippen molar-refractivity contribution in [2.45, 2.75) is 52.4 Å². The highest BCUT2D eigenvalue weighted by molar-refractivity contribution is 8.04. The molecule has 0 saturated heterocycles. The fourth-order valence-corrected chi connectivity index (χ4v) is 3.56. The lowest BCUT2D eigenvalue weighted by Gasteiger charge is -2.14. The SMILES string of the molecule is CCCN1C(=O)C(SC(C)C)=C(c2ccc(OC(C)C)cc2)C1=O. The Hall–Kier alpha value is -1.75. The molecule has 0 unspecified atom stereocenters. The summed E-state index contributed by atoms with van der Waals surface area (Å²) in [5.41, 5.74) is 1.29. The highest BCUT2D eigenvalue weighted by atomic mass is 32.2. The minimum atomic E-state index is -0.192. The Morgan fingerprint density at radius 1 is 1.04 bits per heavy atom. The molecule has 1 aliphatic rings. The summed E-state index contributed by atoms with van der Waals surface area (Å²) in [7, 11) is 0. The van der Waals surface area contributed by atoms with Gasteiger partial charge in [0, 0.05) is 11.8 Å². The molecule has 0 spiro atoms. The second kappa shape index (κ2) is 7.88. The average molecular weight is 347 g/mol. The molecule has 2 amide bonds. The zero-order chi connectivity index (χ0) is 17.9. The number of thioether (sulfide) groups is 1. The molecule has 0 aliphatic carbocycles. The number of nitrogens with zero attached hydrogens (tertiary/aromatic N) is 1. The van der Waals surface area contributed by atoms with E-state index in [-0.39, 0.29) is 23.2 Å². The number of hydrogen-bond donors (Lipinski definition) is 0. The summed E-state index contributed by atoms with van der Waals surface area (Å²) < 4.78 is 5.65. The molecule has 2 rings (SSSR count). The molecule has 0 N–H and O–H groups in total. The van der Waals surface area contributed by atoms with E-state index in [0.29, 0.717) is 17.0 Å². The maximum Gasteiger partial charge on any atom is 0.267 e. The third kappa shape index (κ3) is 4.01. The van der Waals surface area contributed by atoms with Crippen molar-refractivity contribution in [3.63, 3.8) is 0 Å². The summed E-state index contributed by atoms with van der Waals surface area (Å²) >= 11 is 1.46. The molecule has 1 aliphatic heterocycles. The van der Waals surface area contributed by atoms with Crippen LogP contribution in [0.4, 0.5) is 0 Å². The molecule has 1 aromatic carbocycles. The third-order valence-corrected chi connectivity index (χ3v) is 4.53. The van der Waals surface area contributed by atoms with Gasteiger partial charge < -0.3 is 4.74 Å². The Labute approximate surface area is 148 Å². The Morgan fingerprint density at radius 2 is 1.67 bits per heavy atom. The fourth-order valence-electron chi connectivity index (χ4n) is 2.55. The quantitative estimate of drug-likeness (QED) is 0.697. The van der Waals surface area contributed by atoms with Crippen LogP contribution in [0.15, 0.2) is 29.2 Å². The number of imide groups is 1. The molecule has 0 radical (unpaired) electrons. The second-order valence-electron chi connectivity index (χ2n) is 6.32. The molecule has 0 aromatic heterocycles. The monoisotopic (exact) mass is 347 g/mol. The topological polar surface area (TPSA) is 46.6 Å². The molecule has 0 atom stereocenters. The lowest BCUT2D eigenvalue weighted by Crippen LogP contribution is -2.32. The van der Waals surface area contributed by atoms with E-state index < -0.39 is 0 Å². The lowest BCUT2D eigenvalue weighted by atomic mass is 10.1. The van der Waals surface area contributed by atoms with Crippen molar-refractivity contribution >= 4 is 29.1 Å². The van der Waals surface area contributed by atoms with Gasteiger partial charge in [0.05, 0.1) is 16.6 Å². The van der Waals surface area contributed by atoms with Gasteiger partial charge in [0.1, 0.15) is 5.75 Å². The Morgan fingerprint density at radius 3 is 2.17 bits per heavy atom. The van der Waals surface area contributed by atoms with Crippen molar-refractivity contribution < 1.29 is 14.3 Å². The van der Waals surface area contributed by atoms with Crippen LogP contribution in [0.3, 0.4) is 0 Å². The van der Waals surface area contributed by atoms with Crippen LogP contribution >= 0.6 is 11.8 Å². The van der Waals surface area contributed by atoms with E-state index in [4.69, 9.17) is 4.74 Å². The van der Waals surface area contributed by atoms with Gasteiger partial charge in [0.25, 0.3) is 11.8 Å². The fraction of sp³-hybridized carbons (Fsp3) is 0.474. The van der Waals surface area contributed by atoms with E-state index in [2.05, 4.69) is 0 Å². The van der Waals surface area contributed by atoms with Crippen LogP contribution in [-0.4, -0.2) is 34.6 Å². The average Bonchev–Trinajstić information content (AvgIpc) is 2.72. The van der Waals surface area contributed by atoms with Gasteiger partial charge in [0.2, 0.25) is 0 Å². The van der Waals surface area contributed by atoms with Crippen LogP contribution in [0.25, 0.3) is 5.57 Å². The first-order valence-corrected chi connectivity index (χ1v) is 9.27. The molecule has 24 heavy (non-hydrogen) atoms. The molecule has 130 valence electrons. The van der Waals surface area contributed by atoms with Gasteiger partial charge in [-0.1, -0.05) is 32.9 Å². The third-order valence-electron chi connectivity index (χ3n) is 3.44. The lowest BCUT2D eigenvalue weighted by molar-refractivity contribution is -0.136. The van der Waals surface area contributed by atoms with Crippen LogP contribution in [0.2, 0.25) is 0 Å². The Bertz CT molecular complexity index is 647. The van der Waals surface area contributed by atoms with Crippen molar-refractivity contribution in [2.24, 2.45) is 0 Å². The molecule has 0 fully saturated rings. The van der Waals surface area contributed by atoms with Crippen molar-refractivity contribution in [1.82, 2.24) is 4.90 Å². The minimum Gasteiger partial charge on any atom is -0.491 e. The van der Waals surface area contributed by atoms with E-state index in [1.807, 2.05) is 58.9 Å². The largest absolute Gasteiger partial charge is 0.491 e. The predicted molar refractivity (Wildman–Crippen MR) is 98.9 cm³/mol. The normalized spacial score (nSPS) is 15.2. The van der Waals surface area contributed by atoms with E-state index in [1.54, 1.807) is 0 Å². The van der Waals surface area contributed by atoms with Gasteiger partial charge in [-0.15, -0.1) is 11.8 Å². The molecule has 0 saturated carbocycles. The van der Waals surface area contributed by atoms with Gasteiger partial charge in [-0.05, 0) is 38.0 Å². The van der Waals surface area contributed by atoms with Crippen molar-refractivity contribution in [3.8, 4) is 5.75 Å². The first-order chi connectivity index (χ1) is 11.3. The van der Waals surface area contributed by atoms with Gasteiger partial charge in [-0.2, -0.15) is 0 Å². The number of benzene rings is 1. The van der Waals surface area contributed by atoms with Gasteiger partial charge >= 0.3 is 0 Å². The van der Waals surface area contributed by atoms with Crippen molar-refractivity contribution in [2.75, 3.05) is 6.54 Å². The highest BCUT2D eigenvalue weighted by Crippen LogP contribution is 2.38. The molecule has 5 heteroatoms. The van der Waals surface area contributed by atoms with Gasteiger partial charge in [-0.25, -0.2) is 0 Å². The smallest absolute Gasteiger partial charge is 0.267 e. The van der Waals surface area contributed by atoms with Crippen LogP contribution in [0, 0.1) is 0 Å². The van der Waals surface area contributed by atoms with Gasteiger partial charge in [0.15, 0.2) is 0 Å². The molecule has 1 heterocycles. The standard InChI is InChI=1S/C19H25NO3S/c1-6-11-20-18(21)16(17(19(20)22)24-13(4)5)14-7-9-15(10-8-14)23-12(2)3/h7-10,12-13H,6,11H2,1-5H3. The predicted octanol–water partition coefficient (Wildman–Crippen LogP) is 4.11. The summed E-state index contributed by atoms with van der Waals surface area (Å²) in [6.45, 7) is 10.4. The van der Waals surface area contributed by atoms with Crippen LogP contribution in [0.1, 0.15) is 46.6 Å². The van der Waals surface area contributed by atoms with E-state index in [1.165, 1.54) is 16.7 Å². The summed E-state index contributed by atoms with van der Waals surface area (Å²) in [5, 5.41) is 0.233. The molecule has 1 aromatic rings. The number of carbonyl (C=O) groups excluding carboxylic acids is 2. The zero-order valence-electron chi connectivity index (χ0n) is 15.0. The number of amides is 2. The van der Waals surface area contributed by atoms with Gasteiger partial charge in [-0.3, -0.25) is 14.5 Å². The molecule has 0 bridgehead atoms. The molecular formula is C19H25NO3S. The Balaban J connectivity index is 2.40. The van der Waals surface area contributed by atoms with E-state index in [0.717, 1.165) is 17.7 Å². The summed E-state index contributed by atoms with van der Waals surface area (Å²) in [5.74, 6) is 0.398. The molecular weight excluding hydrogens is 322 g/mol.